The van der Waals surface area contributed by atoms with Gasteiger partial charge in [0.15, 0.2) is 0 Å². The van der Waals surface area contributed by atoms with Gasteiger partial charge in [-0.3, -0.25) is 0 Å². The normalized spacial score (nSPS) is 17.6. The van der Waals surface area contributed by atoms with Crippen molar-refractivity contribution in [2.24, 2.45) is 0 Å². The van der Waals surface area contributed by atoms with E-state index < -0.39 is 0 Å². The highest BCUT2D eigenvalue weighted by atomic mass is 35.5. The van der Waals surface area contributed by atoms with Crippen molar-refractivity contribution in [2.75, 3.05) is 11.9 Å². The number of anilines is 1. The second kappa shape index (κ2) is 5.88. The van der Waals surface area contributed by atoms with E-state index in [2.05, 4.69) is 42.6 Å². The van der Waals surface area contributed by atoms with E-state index >= 15 is 0 Å². The quantitative estimate of drug-likeness (QED) is 0.819. The Labute approximate surface area is 126 Å². The molecular weight excluding hydrogens is 266 g/mol. The van der Waals surface area contributed by atoms with E-state index in [-0.39, 0.29) is 0 Å². The van der Waals surface area contributed by atoms with Crippen molar-refractivity contribution in [3.05, 3.63) is 64.2 Å². The third-order valence-corrected chi connectivity index (χ3v) is 4.56. The summed E-state index contributed by atoms with van der Waals surface area (Å²) in [5.74, 6) is 0.593. The molecular formula is C18H20ClN. The number of nitrogens with one attached hydrogen (secondary N) is 1. The molecule has 2 aromatic carbocycles. The Bertz CT molecular complexity index is 586. The molecule has 20 heavy (non-hydrogen) atoms. The number of aryl methyl sites for hydroxylation is 2. The number of fused-ring (bicyclic) bond motifs is 1. The monoisotopic (exact) mass is 285 g/mol. The predicted octanol–water partition coefficient (Wildman–Crippen LogP) is 5.18. The average molecular weight is 286 g/mol. The highest BCUT2D eigenvalue weighted by Crippen LogP contribution is 2.33. The summed E-state index contributed by atoms with van der Waals surface area (Å²) < 4.78 is 0. The molecule has 1 unspecified atom stereocenters. The molecule has 0 aromatic heterocycles. The van der Waals surface area contributed by atoms with Crippen LogP contribution in [-0.2, 0) is 6.42 Å². The Morgan fingerprint density at radius 2 is 2.00 bits per heavy atom. The number of para-hydroxylation sites is 1. The maximum Gasteiger partial charge on any atom is 0.0640 e. The van der Waals surface area contributed by atoms with E-state index in [9.17, 15) is 0 Å². The lowest BCUT2D eigenvalue weighted by Gasteiger charge is -2.26. The Morgan fingerprint density at radius 1 is 1.15 bits per heavy atom. The molecule has 0 fully saturated rings. The summed E-state index contributed by atoms with van der Waals surface area (Å²) >= 11 is 6.28. The molecule has 0 saturated carbocycles. The predicted molar refractivity (Wildman–Crippen MR) is 86.8 cm³/mol. The van der Waals surface area contributed by atoms with Crippen molar-refractivity contribution in [1.82, 2.24) is 0 Å². The molecule has 3 rings (SSSR count). The van der Waals surface area contributed by atoms with E-state index in [4.69, 9.17) is 11.6 Å². The Kier molecular flexibility index (Phi) is 3.98. The zero-order chi connectivity index (χ0) is 13.9. The summed E-state index contributed by atoms with van der Waals surface area (Å²) in [7, 11) is 0. The van der Waals surface area contributed by atoms with Crippen LogP contribution in [0.2, 0.25) is 5.02 Å². The molecule has 1 aliphatic rings. The fraction of sp³-hybridized carbons (Fsp3) is 0.333. The van der Waals surface area contributed by atoms with Gasteiger partial charge >= 0.3 is 0 Å². The van der Waals surface area contributed by atoms with Gasteiger partial charge in [-0.25, -0.2) is 0 Å². The van der Waals surface area contributed by atoms with Crippen LogP contribution in [0, 0.1) is 6.92 Å². The van der Waals surface area contributed by atoms with E-state index in [1.54, 1.807) is 0 Å². The van der Waals surface area contributed by atoms with Gasteiger partial charge in [-0.1, -0.05) is 48.0 Å². The van der Waals surface area contributed by atoms with E-state index in [0.29, 0.717) is 5.92 Å². The topological polar surface area (TPSA) is 12.0 Å². The molecule has 0 spiro atoms. The Hall–Kier alpha value is -1.47. The molecule has 1 atom stereocenters. The van der Waals surface area contributed by atoms with Gasteiger partial charge in [-0.15, -0.1) is 0 Å². The van der Waals surface area contributed by atoms with Crippen molar-refractivity contribution in [2.45, 2.75) is 32.1 Å². The van der Waals surface area contributed by atoms with E-state index in [1.807, 2.05) is 12.1 Å². The van der Waals surface area contributed by atoms with Crippen LogP contribution in [0.25, 0.3) is 0 Å². The fourth-order valence-corrected chi connectivity index (χ4v) is 3.44. The van der Waals surface area contributed by atoms with Crippen LogP contribution in [0.4, 0.5) is 5.69 Å². The first-order valence-corrected chi connectivity index (χ1v) is 7.70. The second-order valence-electron chi connectivity index (χ2n) is 5.60. The van der Waals surface area contributed by atoms with Gasteiger partial charge in [0, 0.05) is 12.5 Å². The maximum atomic E-state index is 6.28. The molecule has 2 aromatic rings. The first-order valence-electron chi connectivity index (χ1n) is 7.32. The minimum absolute atomic E-state index is 0.593. The number of hydrogen-bond donors (Lipinski definition) is 1. The lowest BCUT2D eigenvalue weighted by molar-refractivity contribution is 0.571. The number of halogens is 1. The third-order valence-electron chi connectivity index (χ3n) is 4.24. The maximum absolute atomic E-state index is 6.28. The molecule has 0 bridgehead atoms. The molecule has 1 aliphatic carbocycles. The average Bonchev–Trinajstić information content (AvgIpc) is 2.47. The highest BCUT2D eigenvalue weighted by molar-refractivity contribution is 6.33. The van der Waals surface area contributed by atoms with Gasteiger partial charge in [-0.05, 0) is 48.9 Å². The van der Waals surface area contributed by atoms with Gasteiger partial charge in [0.1, 0.15) is 0 Å². The molecule has 1 nitrogen and oxygen atoms in total. The van der Waals surface area contributed by atoms with Crippen molar-refractivity contribution in [3.8, 4) is 0 Å². The summed E-state index contributed by atoms with van der Waals surface area (Å²) in [6, 6.07) is 14.9. The van der Waals surface area contributed by atoms with Gasteiger partial charge in [-0.2, -0.15) is 0 Å². The smallest absolute Gasteiger partial charge is 0.0640 e. The second-order valence-corrected chi connectivity index (χ2v) is 6.01. The number of rotatable bonds is 3. The Balaban J connectivity index is 1.77. The summed E-state index contributed by atoms with van der Waals surface area (Å²) in [6.07, 6.45) is 3.76. The fourth-order valence-electron chi connectivity index (χ4n) is 3.15. The first kappa shape index (κ1) is 13.5. The number of hydrogen-bond acceptors (Lipinski definition) is 1. The van der Waals surface area contributed by atoms with Crippen LogP contribution < -0.4 is 5.32 Å². The largest absolute Gasteiger partial charge is 0.383 e. The highest BCUT2D eigenvalue weighted by Gasteiger charge is 2.19. The minimum Gasteiger partial charge on any atom is -0.383 e. The van der Waals surface area contributed by atoms with E-state index in [0.717, 1.165) is 17.3 Å². The van der Waals surface area contributed by atoms with Crippen molar-refractivity contribution >= 4 is 17.3 Å². The molecule has 0 aliphatic heterocycles. The summed E-state index contributed by atoms with van der Waals surface area (Å²) in [6.45, 7) is 3.06. The van der Waals surface area contributed by atoms with Gasteiger partial charge in [0.2, 0.25) is 0 Å². The summed E-state index contributed by atoms with van der Waals surface area (Å²) in [5.41, 5.74) is 5.32. The van der Waals surface area contributed by atoms with Crippen LogP contribution in [0.5, 0.6) is 0 Å². The van der Waals surface area contributed by atoms with Crippen LogP contribution in [0.3, 0.4) is 0 Å². The molecule has 1 N–H and O–H groups in total. The molecule has 0 amide bonds. The standard InChI is InChI=1S/C18H20ClN/c1-13-6-4-11-17(19)18(13)20-12-15-9-5-8-14-7-2-3-10-16(14)15/h2-4,6-7,10-11,15,20H,5,8-9,12H2,1H3. The number of benzene rings is 2. The van der Waals surface area contributed by atoms with Crippen molar-refractivity contribution in [1.29, 1.82) is 0 Å². The van der Waals surface area contributed by atoms with Gasteiger partial charge in [0.25, 0.3) is 0 Å². The molecule has 104 valence electrons. The minimum atomic E-state index is 0.593. The van der Waals surface area contributed by atoms with Gasteiger partial charge in [0.05, 0.1) is 10.7 Å². The summed E-state index contributed by atoms with van der Waals surface area (Å²) in [4.78, 5) is 0. The van der Waals surface area contributed by atoms with Crippen molar-refractivity contribution < 1.29 is 0 Å². The zero-order valence-electron chi connectivity index (χ0n) is 11.8. The van der Waals surface area contributed by atoms with Crippen molar-refractivity contribution in [3.63, 3.8) is 0 Å². The molecule has 0 saturated heterocycles. The lowest BCUT2D eigenvalue weighted by Crippen LogP contribution is -2.18. The van der Waals surface area contributed by atoms with Crippen LogP contribution >= 0.6 is 11.6 Å². The third kappa shape index (κ3) is 2.69. The molecule has 2 heteroatoms. The Morgan fingerprint density at radius 3 is 2.85 bits per heavy atom. The lowest BCUT2D eigenvalue weighted by atomic mass is 9.83. The summed E-state index contributed by atoms with van der Waals surface area (Å²) in [5, 5.41) is 4.37. The van der Waals surface area contributed by atoms with Crippen LogP contribution in [0.1, 0.15) is 35.4 Å². The van der Waals surface area contributed by atoms with Gasteiger partial charge < -0.3 is 5.32 Å². The SMILES string of the molecule is Cc1cccc(Cl)c1NCC1CCCc2ccccc21. The zero-order valence-corrected chi connectivity index (χ0v) is 12.6. The molecule has 0 heterocycles. The van der Waals surface area contributed by atoms with Crippen LogP contribution in [0.15, 0.2) is 42.5 Å². The molecule has 0 radical (unpaired) electrons. The first-order chi connectivity index (χ1) is 9.75. The van der Waals surface area contributed by atoms with E-state index in [1.165, 1.54) is 36.0 Å². The van der Waals surface area contributed by atoms with Crippen LogP contribution in [-0.4, -0.2) is 6.54 Å².